The lowest BCUT2D eigenvalue weighted by molar-refractivity contribution is 0.481. The van der Waals surface area contributed by atoms with Crippen LogP contribution in [0.4, 0.5) is 0 Å². The van der Waals surface area contributed by atoms with E-state index in [0.29, 0.717) is 5.22 Å². The molecule has 1 heterocycles. The van der Waals surface area contributed by atoms with Gasteiger partial charge >= 0.3 is 0 Å². The second kappa shape index (κ2) is 3.86. The Labute approximate surface area is 70.8 Å². The molecule has 1 aromatic rings. The van der Waals surface area contributed by atoms with Crippen molar-refractivity contribution in [2.45, 2.75) is 13.0 Å². The average molecular weight is 182 g/mol. The Morgan fingerprint density at radius 1 is 1.60 bits per heavy atom. The molecule has 0 saturated heterocycles. The third-order valence-electron chi connectivity index (χ3n) is 1.04. The van der Waals surface area contributed by atoms with Gasteiger partial charge in [-0.1, -0.05) is 0 Å². The molecular weight excluding hydrogens is 173 g/mol. The first-order valence-electron chi connectivity index (χ1n) is 2.71. The Kier molecular flexibility index (Phi) is 3.79. The molecule has 0 radical (unpaired) electrons. The van der Waals surface area contributed by atoms with Crippen LogP contribution < -0.4 is 5.73 Å². The minimum atomic E-state index is -0.0718. The minimum absolute atomic E-state index is 0. The van der Waals surface area contributed by atoms with Crippen LogP contribution in [0, 0.1) is 0 Å². The number of halogens is 2. The molecule has 1 rings (SSSR count). The van der Waals surface area contributed by atoms with E-state index >= 15 is 0 Å². The van der Waals surface area contributed by atoms with Gasteiger partial charge in [0.1, 0.15) is 5.76 Å². The zero-order valence-corrected chi connectivity index (χ0v) is 7.08. The molecular formula is C6H9Cl2NO. The summed E-state index contributed by atoms with van der Waals surface area (Å²) < 4.78 is 4.99. The molecule has 58 valence electrons. The van der Waals surface area contributed by atoms with Gasteiger partial charge in [-0.25, -0.2) is 0 Å². The fraction of sp³-hybridized carbons (Fsp3) is 0.333. The van der Waals surface area contributed by atoms with E-state index in [1.165, 1.54) is 0 Å². The van der Waals surface area contributed by atoms with Crippen LogP contribution in [0.5, 0.6) is 0 Å². The molecule has 0 aliphatic rings. The van der Waals surface area contributed by atoms with Crippen LogP contribution in [0.2, 0.25) is 5.22 Å². The fourth-order valence-corrected chi connectivity index (χ4v) is 0.725. The quantitative estimate of drug-likeness (QED) is 0.723. The molecule has 2 nitrogen and oxygen atoms in total. The minimum Gasteiger partial charge on any atom is -0.448 e. The summed E-state index contributed by atoms with van der Waals surface area (Å²) >= 11 is 5.48. The second-order valence-electron chi connectivity index (χ2n) is 1.93. The van der Waals surface area contributed by atoms with Gasteiger partial charge in [-0.3, -0.25) is 0 Å². The summed E-state index contributed by atoms with van der Waals surface area (Å²) in [5.74, 6) is 0.722. The average Bonchev–Trinajstić information content (AvgIpc) is 2.14. The standard InChI is InChI=1S/C6H8ClNO.ClH/c1-4(8)5-2-3-6(7)9-5;/h2-4H,8H2,1H3;1H/t4-;/m0./s1. The van der Waals surface area contributed by atoms with Gasteiger partial charge in [-0.15, -0.1) is 12.4 Å². The highest BCUT2D eigenvalue weighted by atomic mass is 35.5. The summed E-state index contributed by atoms with van der Waals surface area (Å²) in [7, 11) is 0. The maximum atomic E-state index is 5.48. The fourth-order valence-electron chi connectivity index (χ4n) is 0.573. The first kappa shape index (κ1) is 9.82. The van der Waals surface area contributed by atoms with Crippen LogP contribution in [-0.2, 0) is 0 Å². The largest absolute Gasteiger partial charge is 0.448 e. The molecule has 0 aliphatic heterocycles. The summed E-state index contributed by atoms with van der Waals surface area (Å²) in [6.07, 6.45) is 0. The van der Waals surface area contributed by atoms with E-state index in [-0.39, 0.29) is 18.4 Å². The molecule has 1 aromatic heterocycles. The summed E-state index contributed by atoms with van der Waals surface area (Å²) in [5.41, 5.74) is 5.47. The Morgan fingerprint density at radius 2 is 2.20 bits per heavy atom. The zero-order chi connectivity index (χ0) is 6.85. The van der Waals surface area contributed by atoms with Crippen LogP contribution in [0.1, 0.15) is 18.7 Å². The van der Waals surface area contributed by atoms with Crippen molar-refractivity contribution in [1.29, 1.82) is 0 Å². The van der Waals surface area contributed by atoms with Crippen LogP contribution in [0.25, 0.3) is 0 Å². The zero-order valence-electron chi connectivity index (χ0n) is 5.50. The Hall–Kier alpha value is -0.180. The molecule has 0 unspecified atom stereocenters. The molecule has 1 atom stereocenters. The van der Waals surface area contributed by atoms with Crippen molar-refractivity contribution in [2.24, 2.45) is 5.73 Å². The Balaban J connectivity index is 0.000000810. The smallest absolute Gasteiger partial charge is 0.193 e. The number of hydrogen-bond donors (Lipinski definition) is 1. The van der Waals surface area contributed by atoms with Crippen molar-refractivity contribution in [1.82, 2.24) is 0 Å². The third kappa shape index (κ3) is 2.21. The van der Waals surface area contributed by atoms with Crippen LogP contribution >= 0.6 is 24.0 Å². The van der Waals surface area contributed by atoms with Crippen LogP contribution in [0.15, 0.2) is 16.5 Å². The third-order valence-corrected chi connectivity index (χ3v) is 1.25. The molecule has 0 spiro atoms. The molecule has 0 saturated carbocycles. The lowest BCUT2D eigenvalue weighted by Crippen LogP contribution is -2.02. The van der Waals surface area contributed by atoms with Crippen molar-refractivity contribution < 1.29 is 4.42 Å². The molecule has 0 aromatic carbocycles. The number of rotatable bonds is 1. The van der Waals surface area contributed by atoms with Crippen molar-refractivity contribution in [3.05, 3.63) is 23.1 Å². The summed E-state index contributed by atoms with van der Waals surface area (Å²) in [6, 6.07) is 3.38. The molecule has 10 heavy (non-hydrogen) atoms. The van der Waals surface area contributed by atoms with Crippen molar-refractivity contribution in [3.8, 4) is 0 Å². The van der Waals surface area contributed by atoms with E-state index in [9.17, 15) is 0 Å². The monoisotopic (exact) mass is 181 g/mol. The molecule has 4 heteroatoms. The van der Waals surface area contributed by atoms with E-state index in [0.717, 1.165) is 5.76 Å². The van der Waals surface area contributed by atoms with Crippen molar-refractivity contribution in [3.63, 3.8) is 0 Å². The summed E-state index contributed by atoms with van der Waals surface area (Å²) in [5, 5.41) is 0.391. The van der Waals surface area contributed by atoms with Crippen LogP contribution in [-0.4, -0.2) is 0 Å². The summed E-state index contributed by atoms with van der Waals surface area (Å²) in [6.45, 7) is 1.84. The maximum absolute atomic E-state index is 5.48. The van der Waals surface area contributed by atoms with Gasteiger partial charge in [0.05, 0.1) is 6.04 Å². The van der Waals surface area contributed by atoms with Gasteiger partial charge in [0.15, 0.2) is 5.22 Å². The normalized spacial score (nSPS) is 12.3. The predicted molar refractivity (Wildman–Crippen MR) is 43.6 cm³/mol. The molecule has 0 amide bonds. The first-order chi connectivity index (χ1) is 4.20. The Morgan fingerprint density at radius 3 is 2.40 bits per heavy atom. The van der Waals surface area contributed by atoms with Crippen molar-refractivity contribution >= 4 is 24.0 Å². The van der Waals surface area contributed by atoms with Crippen LogP contribution in [0.3, 0.4) is 0 Å². The first-order valence-corrected chi connectivity index (χ1v) is 3.09. The Bertz CT molecular complexity index is 197. The highest BCUT2D eigenvalue weighted by Gasteiger charge is 2.02. The van der Waals surface area contributed by atoms with Gasteiger partial charge in [-0.05, 0) is 30.7 Å². The predicted octanol–water partition coefficient (Wildman–Crippen LogP) is 2.37. The van der Waals surface area contributed by atoms with Gasteiger partial charge < -0.3 is 10.2 Å². The van der Waals surface area contributed by atoms with E-state index in [1.807, 2.05) is 6.92 Å². The van der Waals surface area contributed by atoms with Gasteiger partial charge in [0.2, 0.25) is 0 Å². The second-order valence-corrected chi connectivity index (χ2v) is 2.30. The number of nitrogens with two attached hydrogens (primary N) is 1. The summed E-state index contributed by atoms with van der Waals surface area (Å²) in [4.78, 5) is 0. The lowest BCUT2D eigenvalue weighted by atomic mass is 10.3. The highest BCUT2D eigenvalue weighted by Crippen LogP contribution is 2.17. The van der Waals surface area contributed by atoms with E-state index in [2.05, 4.69) is 0 Å². The SMILES string of the molecule is C[C@H](N)c1ccc(Cl)o1.Cl. The molecule has 0 aliphatic carbocycles. The lowest BCUT2D eigenvalue weighted by Gasteiger charge is -1.96. The van der Waals surface area contributed by atoms with E-state index in [4.69, 9.17) is 21.8 Å². The molecule has 0 fully saturated rings. The van der Waals surface area contributed by atoms with Gasteiger partial charge in [0.25, 0.3) is 0 Å². The van der Waals surface area contributed by atoms with Gasteiger partial charge in [0, 0.05) is 0 Å². The van der Waals surface area contributed by atoms with Gasteiger partial charge in [-0.2, -0.15) is 0 Å². The van der Waals surface area contributed by atoms with E-state index < -0.39 is 0 Å². The number of furan rings is 1. The van der Waals surface area contributed by atoms with Crippen molar-refractivity contribution in [2.75, 3.05) is 0 Å². The maximum Gasteiger partial charge on any atom is 0.193 e. The molecule has 0 bridgehead atoms. The molecule has 2 N–H and O–H groups in total. The topological polar surface area (TPSA) is 39.2 Å². The number of hydrogen-bond acceptors (Lipinski definition) is 2. The van der Waals surface area contributed by atoms with E-state index in [1.54, 1.807) is 12.1 Å². The highest BCUT2D eigenvalue weighted by molar-refractivity contribution is 6.28.